The fourth-order valence-corrected chi connectivity index (χ4v) is 4.16. The van der Waals surface area contributed by atoms with Crippen molar-refractivity contribution in [3.63, 3.8) is 0 Å². The lowest BCUT2D eigenvalue weighted by molar-refractivity contribution is 0.0977. The van der Waals surface area contributed by atoms with E-state index < -0.39 is 0 Å². The van der Waals surface area contributed by atoms with Gasteiger partial charge in [0.15, 0.2) is 0 Å². The van der Waals surface area contributed by atoms with Gasteiger partial charge < -0.3 is 14.4 Å². The molecule has 1 unspecified atom stereocenters. The Morgan fingerprint density at radius 1 is 1.20 bits per heavy atom. The molecule has 2 aromatic rings. The smallest absolute Gasteiger partial charge is 0.276 e. The lowest BCUT2D eigenvalue weighted by atomic mass is 9.98. The van der Waals surface area contributed by atoms with Crippen LogP contribution in [-0.4, -0.2) is 34.6 Å². The number of fused-ring (bicyclic) bond motifs is 1. The average Bonchev–Trinajstić information content (AvgIpc) is 3.06. The van der Waals surface area contributed by atoms with Crippen LogP contribution >= 0.6 is 0 Å². The molecule has 1 saturated heterocycles. The summed E-state index contributed by atoms with van der Waals surface area (Å²) in [5.41, 5.74) is 4.30. The van der Waals surface area contributed by atoms with Crippen molar-refractivity contribution < 1.29 is 4.79 Å². The molecular formula is C20H26N4O. The fourth-order valence-electron chi connectivity index (χ4n) is 4.16. The van der Waals surface area contributed by atoms with Gasteiger partial charge in [0.2, 0.25) is 0 Å². The standard InChI is InChI=1S/C20H26N4O/c1-15-6-3-4-10-23(15)17-8-9-18-16(12-17)7-5-11-24(18)20(25)19-13-21-14-22(19)2/h8-9,12-15H,3-7,10-11H2,1-2H3. The highest BCUT2D eigenvalue weighted by molar-refractivity contribution is 6.05. The maximum atomic E-state index is 12.9. The topological polar surface area (TPSA) is 41.4 Å². The van der Waals surface area contributed by atoms with Crippen molar-refractivity contribution in [3.05, 3.63) is 42.0 Å². The SMILES string of the molecule is CC1CCCCN1c1ccc2c(c1)CCCN2C(=O)c1cncn1C. The number of amides is 1. The summed E-state index contributed by atoms with van der Waals surface area (Å²) >= 11 is 0. The van der Waals surface area contributed by atoms with Crippen LogP contribution in [0.15, 0.2) is 30.7 Å². The highest BCUT2D eigenvalue weighted by Crippen LogP contribution is 2.34. The Morgan fingerprint density at radius 3 is 2.84 bits per heavy atom. The molecule has 1 aromatic heterocycles. The van der Waals surface area contributed by atoms with Gasteiger partial charge in [-0.05, 0) is 62.8 Å². The number of nitrogens with zero attached hydrogens (tertiary/aromatic N) is 4. The van der Waals surface area contributed by atoms with Crippen LogP contribution in [0.5, 0.6) is 0 Å². The minimum atomic E-state index is 0.0417. The third-order valence-corrected chi connectivity index (χ3v) is 5.60. The van der Waals surface area contributed by atoms with Crippen molar-refractivity contribution in [2.24, 2.45) is 7.05 Å². The van der Waals surface area contributed by atoms with E-state index in [1.54, 1.807) is 17.1 Å². The quantitative estimate of drug-likeness (QED) is 0.843. The third-order valence-electron chi connectivity index (χ3n) is 5.60. The van der Waals surface area contributed by atoms with Gasteiger partial charge in [0.1, 0.15) is 5.69 Å². The van der Waals surface area contributed by atoms with Gasteiger partial charge in [-0.15, -0.1) is 0 Å². The van der Waals surface area contributed by atoms with Crippen molar-refractivity contribution in [1.29, 1.82) is 0 Å². The maximum Gasteiger partial charge on any atom is 0.276 e. The average molecular weight is 338 g/mol. The van der Waals surface area contributed by atoms with Crippen LogP contribution in [-0.2, 0) is 13.5 Å². The number of carbonyl (C=O) groups excluding carboxylic acids is 1. The molecule has 25 heavy (non-hydrogen) atoms. The maximum absolute atomic E-state index is 12.9. The molecule has 0 bridgehead atoms. The first-order valence-electron chi connectivity index (χ1n) is 9.33. The van der Waals surface area contributed by atoms with Crippen LogP contribution in [0.4, 0.5) is 11.4 Å². The van der Waals surface area contributed by atoms with E-state index >= 15 is 0 Å². The Kier molecular flexibility index (Phi) is 4.24. The zero-order valence-electron chi connectivity index (χ0n) is 15.1. The first kappa shape index (κ1) is 16.2. The first-order chi connectivity index (χ1) is 12.1. The number of aromatic nitrogens is 2. The van der Waals surface area contributed by atoms with Crippen molar-refractivity contribution >= 4 is 17.3 Å². The van der Waals surface area contributed by atoms with Crippen LogP contribution in [0.1, 0.15) is 48.7 Å². The summed E-state index contributed by atoms with van der Waals surface area (Å²) in [6.45, 7) is 4.23. The molecule has 1 aromatic carbocycles. The summed E-state index contributed by atoms with van der Waals surface area (Å²) < 4.78 is 1.79. The van der Waals surface area contributed by atoms with Gasteiger partial charge >= 0.3 is 0 Å². The number of anilines is 2. The minimum absolute atomic E-state index is 0.0417. The monoisotopic (exact) mass is 338 g/mol. The van der Waals surface area contributed by atoms with E-state index in [4.69, 9.17) is 0 Å². The Bertz CT molecular complexity index is 782. The lowest BCUT2D eigenvalue weighted by Crippen LogP contribution is -2.38. The molecule has 2 aliphatic rings. The van der Waals surface area contributed by atoms with Gasteiger partial charge in [-0.2, -0.15) is 0 Å². The summed E-state index contributed by atoms with van der Waals surface area (Å²) in [6.07, 6.45) is 9.25. The summed E-state index contributed by atoms with van der Waals surface area (Å²) in [5.74, 6) is 0.0417. The second-order valence-corrected chi connectivity index (χ2v) is 7.30. The largest absolute Gasteiger partial charge is 0.369 e. The molecule has 132 valence electrons. The Hall–Kier alpha value is -2.30. The molecule has 0 N–H and O–H groups in total. The number of hydrogen-bond acceptors (Lipinski definition) is 3. The molecular weight excluding hydrogens is 312 g/mol. The van der Waals surface area contributed by atoms with Gasteiger partial charge in [0.05, 0.1) is 12.5 Å². The molecule has 1 atom stereocenters. The number of hydrogen-bond donors (Lipinski definition) is 0. The molecule has 0 aliphatic carbocycles. The van der Waals surface area contributed by atoms with Crippen molar-refractivity contribution in [2.75, 3.05) is 22.9 Å². The van der Waals surface area contributed by atoms with E-state index in [1.165, 1.54) is 30.5 Å². The number of imidazole rings is 1. The van der Waals surface area contributed by atoms with E-state index in [9.17, 15) is 4.79 Å². The van der Waals surface area contributed by atoms with Crippen LogP contribution in [0.25, 0.3) is 0 Å². The van der Waals surface area contributed by atoms with Crippen LogP contribution in [0.3, 0.4) is 0 Å². The van der Waals surface area contributed by atoms with E-state index in [0.29, 0.717) is 11.7 Å². The normalized spacial score (nSPS) is 20.5. The van der Waals surface area contributed by atoms with Crippen molar-refractivity contribution in [1.82, 2.24) is 9.55 Å². The van der Waals surface area contributed by atoms with Crippen molar-refractivity contribution in [2.45, 2.75) is 45.1 Å². The van der Waals surface area contributed by atoms with Gasteiger partial charge in [-0.25, -0.2) is 4.98 Å². The van der Waals surface area contributed by atoms with Crippen LogP contribution in [0, 0.1) is 0 Å². The number of piperidine rings is 1. The molecule has 4 rings (SSSR count). The Morgan fingerprint density at radius 2 is 2.08 bits per heavy atom. The number of rotatable bonds is 2. The molecule has 2 aliphatic heterocycles. The van der Waals surface area contributed by atoms with Gasteiger partial charge in [-0.1, -0.05) is 0 Å². The van der Waals surface area contributed by atoms with E-state index in [0.717, 1.165) is 31.6 Å². The van der Waals surface area contributed by atoms with E-state index in [-0.39, 0.29) is 5.91 Å². The van der Waals surface area contributed by atoms with Gasteiger partial charge in [0.25, 0.3) is 5.91 Å². The van der Waals surface area contributed by atoms with Crippen LogP contribution < -0.4 is 9.80 Å². The second-order valence-electron chi connectivity index (χ2n) is 7.30. The summed E-state index contributed by atoms with van der Waals surface area (Å²) in [6, 6.07) is 7.23. The Labute approximate surface area is 149 Å². The Balaban J connectivity index is 1.64. The van der Waals surface area contributed by atoms with Crippen molar-refractivity contribution in [3.8, 4) is 0 Å². The molecule has 0 spiro atoms. The third kappa shape index (κ3) is 2.92. The summed E-state index contributed by atoms with van der Waals surface area (Å²) in [4.78, 5) is 21.5. The predicted octanol–water partition coefficient (Wildman–Crippen LogP) is 3.39. The zero-order chi connectivity index (χ0) is 17.4. The molecule has 5 heteroatoms. The molecule has 1 amide bonds. The molecule has 1 fully saturated rings. The summed E-state index contributed by atoms with van der Waals surface area (Å²) in [7, 11) is 1.87. The zero-order valence-corrected chi connectivity index (χ0v) is 15.1. The summed E-state index contributed by atoms with van der Waals surface area (Å²) in [5, 5.41) is 0. The molecule has 5 nitrogen and oxygen atoms in total. The van der Waals surface area contributed by atoms with E-state index in [2.05, 4.69) is 35.0 Å². The number of benzene rings is 1. The second kappa shape index (κ2) is 6.54. The molecule has 0 saturated carbocycles. The predicted molar refractivity (Wildman–Crippen MR) is 100 cm³/mol. The molecule has 0 radical (unpaired) electrons. The first-order valence-corrected chi connectivity index (χ1v) is 9.33. The van der Waals surface area contributed by atoms with Gasteiger partial charge in [-0.3, -0.25) is 4.79 Å². The highest BCUT2D eigenvalue weighted by atomic mass is 16.2. The van der Waals surface area contributed by atoms with Gasteiger partial charge in [0, 0.05) is 37.6 Å². The van der Waals surface area contributed by atoms with Crippen LogP contribution in [0.2, 0.25) is 0 Å². The highest BCUT2D eigenvalue weighted by Gasteiger charge is 2.27. The number of aryl methyl sites for hydroxylation is 2. The fraction of sp³-hybridized carbons (Fsp3) is 0.500. The molecule has 3 heterocycles. The van der Waals surface area contributed by atoms with E-state index in [1.807, 2.05) is 11.9 Å². The minimum Gasteiger partial charge on any atom is -0.369 e. The lowest BCUT2D eigenvalue weighted by Gasteiger charge is -2.37. The number of carbonyl (C=O) groups is 1.